The highest BCUT2D eigenvalue weighted by atomic mass is 16.3. The molecule has 0 radical (unpaired) electrons. The number of nitrogens with zero attached hydrogens (tertiary/aromatic N) is 4. The van der Waals surface area contributed by atoms with Gasteiger partial charge in [0.05, 0.1) is 6.20 Å². The third-order valence-electron chi connectivity index (χ3n) is 4.77. The molecule has 1 atom stereocenters. The first kappa shape index (κ1) is 15.2. The summed E-state index contributed by atoms with van der Waals surface area (Å²) < 4.78 is 8.00. The van der Waals surface area contributed by atoms with Crippen LogP contribution in [0.4, 0.5) is 0 Å². The molecule has 0 fully saturated rings. The molecule has 0 bridgehead atoms. The van der Waals surface area contributed by atoms with E-state index >= 15 is 0 Å². The molecule has 1 unspecified atom stereocenters. The van der Waals surface area contributed by atoms with Crippen molar-refractivity contribution < 1.29 is 4.42 Å². The molecular weight excluding hydrogens is 302 g/mol. The van der Waals surface area contributed by atoms with Gasteiger partial charge in [-0.15, -0.1) is 0 Å². The molecule has 1 aliphatic rings. The number of nitrogens with one attached hydrogen (secondary N) is 1. The van der Waals surface area contributed by atoms with Crippen LogP contribution in [0.15, 0.2) is 35.1 Å². The highest BCUT2D eigenvalue weighted by Gasteiger charge is 2.21. The topological polar surface area (TPSA) is 62.9 Å². The molecule has 0 amide bonds. The summed E-state index contributed by atoms with van der Waals surface area (Å²) in [6.07, 6.45) is 8.16. The average molecular weight is 325 g/mol. The summed E-state index contributed by atoms with van der Waals surface area (Å²) in [4.78, 5) is 6.83. The number of fused-ring (bicyclic) bond motifs is 1. The molecule has 0 saturated heterocycles. The minimum absolute atomic E-state index is 0.658. The number of aromatic nitrogens is 4. The second-order valence-electron chi connectivity index (χ2n) is 6.77. The largest absolute Gasteiger partial charge is 0.460 e. The third kappa shape index (κ3) is 3.01. The van der Waals surface area contributed by atoms with Gasteiger partial charge in [-0.3, -0.25) is 5.10 Å². The first-order chi connectivity index (χ1) is 11.7. The van der Waals surface area contributed by atoms with Crippen LogP contribution in [0, 0.1) is 12.8 Å². The lowest BCUT2D eigenvalue weighted by Crippen LogP contribution is -2.30. The molecule has 0 aromatic carbocycles. The zero-order chi connectivity index (χ0) is 16.5. The van der Waals surface area contributed by atoms with Crippen LogP contribution < -0.4 is 0 Å². The number of imidazole rings is 1. The molecular formula is C18H23N5O. The molecule has 0 aliphatic carbocycles. The Morgan fingerprint density at radius 3 is 3.17 bits per heavy atom. The highest BCUT2D eigenvalue weighted by molar-refractivity contribution is 5.56. The van der Waals surface area contributed by atoms with E-state index in [4.69, 9.17) is 4.42 Å². The number of aromatic amines is 1. The molecule has 126 valence electrons. The van der Waals surface area contributed by atoms with E-state index < -0.39 is 0 Å². The van der Waals surface area contributed by atoms with Gasteiger partial charge in [0.2, 0.25) is 0 Å². The SMILES string of the molecule is Cc1ccc(-c2[nH]ncc2CN(C)CC2CCn3ccnc3C2)o1. The maximum atomic E-state index is 5.73. The number of H-pyrrole nitrogens is 1. The van der Waals surface area contributed by atoms with E-state index in [2.05, 4.69) is 37.9 Å². The van der Waals surface area contributed by atoms with E-state index in [-0.39, 0.29) is 0 Å². The summed E-state index contributed by atoms with van der Waals surface area (Å²) in [7, 11) is 2.17. The van der Waals surface area contributed by atoms with Crippen molar-refractivity contribution in [1.82, 2.24) is 24.6 Å². The second-order valence-corrected chi connectivity index (χ2v) is 6.77. The van der Waals surface area contributed by atoms with Crippen LogP contribution in [-0.2, 0) is 19.5 Å². The molecule has 3 aromatic rings. The Morgan fingerprint density at radius 1 is 1.42 bits per heavy atom. The van der Waals surface area contributed by atoms with Crippen molar-refractivity contribution in [1.29, 1.82) is 0 Å². The van der Waals surface area contributed by atoms with E-state index in [0.29, 0.717) is 5.92 Å². The molecule has 0 spiro atoms. The molecule has 4 rings (SSSR count). The van der Waals surface area contributed by atoms with Gasteiger partial charge >= 0.3 is 0 Å². The number of furan rings is 1. The molecule has 6 heteroatoms. The number of hydrogen-bond acceptors (Lipinski definition) is 4. The summed E-state index contributed by atoms with van der Waals surface area (Å²) in [5.41, 5.74) is 2.15. The average Bonchev–Trinajstić information content (AvgIpc) is 3.27. The van der Waals surface area contributed by atoms with Gasteiger partial charge in [0, 0.05) is 44.0 Å². The second kappa shape index (κ2) is 6.28. The summed E-state index contributed by atoms with van der Waals surface area (Å²) >= 11 is 0. The minimum Gasteiger partial charge on any atom is -0.460 e. The van der Waals surface area contributed by atoms with Gasteiger partial charge in [-0.1, -0.05) is 0 Å². The van der Waals surface area contributed by atoms with Crippen molar-refractivity contribution in [2.45, 2.75) is 32.9 Å². The molecule has 4 heterocycles. The van der Waals surface area contributed by atoms with Crippen molar-refractivity contribution >= 4 is 0 Å². The maximum absolute atomic E-state index is 5.73. The Labute approximate surface area is 141 Å². The normalized spacial score (nSPS) is 17.4. The van der Waals surface area contributed by atoms with Gasteiger partial charge in [0.25, 0.3) is 0 Å². The van der Waals surface area contributed by atoms with Crippen molar-refractivity contribution in [2.24, 2.45) is 5.92 Å². The number of hydrogen-bond donors (Lipinski definition) is 1. The van der Waals surface area contributed by atoms with Crippen LogP contribution in [0.1, 0.15) is 23.6 Å². The molecule has 0 saturated carbocycles. The summed E-state index contributed by atoms with van der Waals surface area (Å²) in [6.45, 7) is 4.96. The Balaban J connectivity index is 1.40. The lowest BCUT2D eigenvalue weighted by molar-refractivity contribution is 0.238. The van der Waals surface area contributed by atoms with Crippen LogP contribution in [0.5, 0.6) is 0 Å². The molecule has 1 N–H and O–H groups in total. The van der Waals surface area contributed by atoms with E-state index in [1.807, 2.05) is 31.5 Å². The van der Waals surface area contributed by atoms with Crippen LogP contribution >= 0.6 is 0 Å². The highest BCUT2D eigenvalue weighted by Crippen LogP contribution is 2.25. The lowest BCUT2D eigenvalue weighted by Gasteiger charge is -2.27. The van der Waals surface area contributed by atoms with E-state index in [1.165, 1.54) is 17.8 Å². The van der Waals surface area contributed by atoms with Crippen LogP contribution in [-0.4, -0.2) is 38.2 Å². The quantitative estimate of drug-likeness (QED) is 0.783. The Hall–Kier alpha value is -2.34. The number of aryl methyl sites for hydroxylation is 2. The standard InChI is InChI=1S/C18H23N5O/c1-13-3-4-16(24-13)18-15(10-20-21-18)12-22(2)11-14-5-7-23-8-6-19-17(23)9-14/h3-4,6,8,10,14H,5,7,9,11-12H2,1-2H3,(H,20,21). The summed E-state index contributed by atoms with van der Waals surface area (Å²) in [5.74, 6) is 3.64. The number of rotatable bonds is 5. The summed E-state index contributed by atoms with van der Waals surface area (Å²) in [5, 5.41) is 7.28. The third-order valence-corrected chi connectivity index (χ3v) is 4.77. The van der Waals surface area contributed by atoms with Crippen molar-refractivity contribution in [3.63, 3.8) is 0 Å². The van der Waals surface area contributed by atoms with E-state index in [9.17, 15) is 0 Å². The van der Waals surface area contributed by atoms with Crippen LogP contribution in [0.3, 0.4) is 0 Å². The smallest absolute Gasteiger partial charge is 0.152 e. The first-order valence-corrected chi connectivity index (χ1v) is 8.46. The van der Waals surface area contributed by atoms with Gasteiger partial charge in [0.1, 0.15) is 17.3 Å². The van der Waals surface area contributed by atoms with E-state index in [1.54, 1.807) is 0 Å². The minimum atomic E-state index is 0.658. The summed E-state index contributed by atoms with van der Waals surface area (Å²) in [6, 6.07) is 3.97. The van der Waals surface area contributed by atoms with Gasteiger partial charge in [-0.2, -0.15) is 5.10 Å². The fraction of sp³-hybridized carbons (Fsp3) is 0.444. The van der Waals surface area contributed by atoms with Crippen molar-refractivity contribution in [2.75, 3.05) is 13.6 Å². The molecule has 3 aromatic heterocycles. The molecule has 1 aliphatic heterocycles. The van der Waals surface area contributed by atoms with Crippen LogP contribution in [0.2, 0.25) is 0 Å². The fourth-order valence-corrected chi connectivity index (χ4v) is 3.58. The predicted molar refractivity (Wildman–Crippen MR) is 91.4 cm³/mol. The fourth-order valence-electron chi connectivity index (χ4n) is 3.58. The van der Waals surface area contributed by atoms with Crippen molar-refractivity contribution in [3.8, 4) is 11.5 Å². The van der Waals surface area contributed by atoms with Crippen molar-refractivity contribution in [3.05, 3.63) is 47.9 Å². The monoisotopic (exact) mass is 325 g/mol. The zero-order valence-electron chi connectivity index (χ0n) is 14.2. The van der Waals surface area contributed by atoms with Gasteiger partial charge in [-0.05, 0) is 38.4 Å². The van der Waals surface area contributed by atoms with Crippen LogP contribution in [0.25, 0.3) is 11.5 Å². The lowest BCUT2D eigenvalue weighted by atomic mass is 9.97. The predicted octanol–water partition coefficient (Wildman–Crippen LogP) is 2.87. The first-order valence-electron chi connectivity index (χ1n) is 8.46. The maximum Gasteiger partial charge on any atom is 0.152 e. The zero-order valence-corrected chi connectivity index (χ0v) is 14.2. The molecule has 24 heavy (non-hydrogen) atoms. The van der Waals surface area contributed by atoms with Gasteiger partial charge in [0.15, 0.2) is 5.76 Å². The Bertz CT molecular complexity index is 815. The Kier molecular flexibility index (Phi) is 3.98. The van der Waals surface area contributed by atoms with Gasteiger partial charge in [-0.25, -0.2) is 4.98 Å². The molecule has 6 nitrogen and oxygen atoms in total. The van der Waals surface area contributed by atoms with E-state index in [0.717, 1.165) is 43.3 Å². The van der Waals surface area contributed by atoms with Gasteiger partial charge < -0.3 is 13.9 Å². The Morgan fingerprint density at radius 2 is 2.33 bits per heavy atom.